The van der Waals surface area contributed by atoms with Gasteiger partial charge in [0.2, 0.25) is 5.91 Å². The molecule has 1 aliphatic heterocycles. The van der Waals surface area contributed by atoms with Crippen LogP contribution in [-0.2, 0) is 20.7 Å². The van der Waals surface area contributed by atoms with Crippen LogP contribution in [0.1, 0.15) is 12.6 Å². The molecular formula is C22H23N7O3. The normalized spacial score (nSPS) is 16.5. The first-order chi connectivity index (χ1) is 15.6. The van der Waals surface area contributed by atoms with Crippen molar-refractivity contribution in [1.82, 2.24) is 35.0 Å². The second-order valence-electron chi connectivity index (χ2n) is 7.74. The predicted molar refractivity (Wildman–Crippen MR) is 117 cm³/mol. The minimum Gasteiger partial charge on any atom is -0.365 e. The van der Waals surface area contributed by atoms with E-state index < -0.39 is 6.10 Å². The van der Waals surface area contributed by atoms with E-state index in [2.05, 4.69) is 31.5 Å². The van der Waals surface area contributed by atoms with Gasteiger partial charge in [-0.15, -0.1) is 0 Å². The number of nitrogens with zero attached hydrogens (tertiary/aromatic N) is 5. The number of carbonyl (C=O) groups is 2. The number of H-pyrrole nitrogens is 1. The zero-order chi connectivity index (χ0) is 22.1. The van der Waals surface area contributed by atoms with Gasteiger partial charge >= 0.3 is 0 Å². The number of aromatic amines is 1. The Morgan fingerprint density at radius 1 is 1.25 bits per heavy atom. The summed E-state index contributed by atoms with van der Waals surface area (Å²) in [6.07, 6.45) is 5.25. The predicted octanol–water partition coefficient (Wildman–Crippen LogP) is 1.18. The van der Waals surface area contributed by atoms with Gasteiger partial charge in [-0.3, -0.25) is 9.59 Å². The average molecular weight is 433 g/mol. The Morgan fingerprint density at radius 2 is 2.16 bits per heavy atom. The number of hydrogen-bond donors (Lipinski definition) is 2. The molecule has 4 aromatic heterocycles. The number of hydrogen-bond acceptors (Lipinski definition) is 6. The summed E-state index contributed by atoms with van der Waals surface area (Å²) >= 11 is 0. The third-order valence-corrected chi connectivity index (χ3v) is 5.68. The Hall–Kier alpha value is -3.79. The average Bonchev–Trinajstić information content (AvgIpc) is 3.43. The summed E-state index contributed by atoms with van der Waals surface area (Å²) in [5.74, 6) is -0.251. The van der Waals surface area contributed by atoms with Crippen molar-refractivity contribution < 1.29 is 14.3 Å². The maximum Gasteiger partial charge on any atom is 0.251 e. The van der Waals surface area contributed by atoms with Crippen molar-refractivity contribution >= 4 is 28.4 Å². The van der Waals surface area contributed by atoms with Crippen LogP contribution in [0.2, 0.25) is 0 Å². The highest BCUT2D eigenvalue weighted by Gasteiger charge is 2.27. The zero-order valence-electron chi connectivity index (χ0n) is 17.6. The Bertz CT molecular complexity index is 1300. The van der Waals surface area contributed by atoms with Gasteiger partial charge in [-0.2, -0.15) is 14.8 Å². The van der Waals surface area contributed by atoms with Crippen LogP contribution < -0.4 is 5.32 Å². The van der Waals surface area contributed by atoms with E-state index >= 15 is 0 Å². The van der Waals surface area contributed by atoms with Crippen LogP contribution in [0.5, 0.6) is 0 Å². The summed E-state index contributed by atoms with van der Waals surface area (Å²) in [6.45, 7) is 3.12. The second kappa shape index (κ2) is 8.39. The molecule has 1 saturated heterocycles. The lowest BCUT2D eigenvalue weighted by Gasteiger charge is -2.31. The van der Waals surface area contributed by atoms with E-state index in [0.717, 1.165) is 33.4 Å². The number of ether oxygens (including phenoxy) is 1. The van der Waals surface area contributed by atoms with Crippen LogP contribution in [0.3, 0.4) is 0 Å². The molecule has 0 saturated carbocycles. The van der Waals surface area contributed by atoms with E-state index in [1.807, 2.05) is 18.2 Å². The number of rotatable bonds is 5. The molecule has 1 aliphatic rings. The quantitative estimate of drug-likeness (QED) is 0.488. The molecule has 2 amide bonds. The lowest BCUT2D eigenvalue weighted by molar-refractivity contribution is -0.145. The van der Waals surface area contributed by atoms with Gasteiger partial charge < -0.3 is 19.9 Å². The van der Waals surface area contributed by atoms with Crippen LogP contribution in [0.15, 0.2) is 42.9 Å². The van der Waals surface area contributed by atoms with E-state index in [1.54, 1.807) is 28.1 Å². The van der Waals surface area contributed by atoms with Crippen molar-refractivity contribution in [2.24, 2.45) is 0 Å². The molecule has 32 heavy (non-hydrogen) atoms. The number of aromatic nitrogens is 5. The van der Waals surface area contributed by atoms with Crippen LogP contribution in [0.25, 0.3) is 27.7 Å². The standard InChI is InChI=1S/C22H23N7O3/c1-14(30)28-9-10-32-20(13-28)22(31)24-7-4-15-11-17-16(5-8-23-21(17)27-15)18-12-26-29-19(18)3-2-6-25-29/h2-3,5-6,8,11-12,20H,4,7,9-10,13H2,1H3,(H,23,27)(H,24,31)/t20-/m0/s1. The van der Waals surface area contributed by atoms with Crippen LogP contribution in [0.4, 0.5) is 0 Å². The fourth-order valence-corrected chi connectivity index (χ4v) is 4.02. The minimum atomic E-state index is -0.632. The summed E-state index contributed by atoms with van der Waals surface area (Å²) < 4.78 is 7.13. The Morgan fingerprint density at radius 3 is 3.03 bits per heavy atom. The summed E-state index contributed by atoms with van der Waals surface area (Å²) in [5, 5.41) is 12.5. The van der Waals surface area contributed by atoms with Gasteiger partial charge in [-0.05, 0) is 29.8 Å². The maximum absolute atomic E-state index is 12.5. The molecule has 0 unspecified atom stereocenters. The molecule has 0 aliphatic carbocycles. The Kier molecular flexibility index (Phi) is 5.28. The molecule has 10 nitrogen and oxygen atoms in total. The highest BCUT2D eigenvalue weighted by atomic mass is 16.5. The number of carbonyl (C=O) groups excluding carboxylic acids is 2. The molecule has 0 bridgehead atoms. The summed E-state index contributed by atoms with van der Waals surface area (Å²) in [7, 11) is 0. The third-order valence-electron chi connectivity index (χ3n) is 5.68. The van der Waals surface area contributed by atoms with Gasteiger partial charge in [0, 0.05) is 55.5 Å². The van der Waals surface area contributed by atoms with E-state index in [4.69, 9.17) is 4.74 Å². The lowest BCUT2D eigenvalue weighted by atomic mass is 10.1. The van der Waals surface area contributed by atoms with Gasteiger partial charge in [-0.25, -0.2) is 4.98 Å². The van der Waals surface area contributed by atoms with Crippen molar-refractivity contribution in [3.8, 4) is 11.1 Å². The van der Waals surface area contributed by atoms with Crippen LogP contribution >= 0.6 is 0 Å². The largest absolute Gasteiger partial charge is 0.365 e. The van der Waals surface area contributed by atoms with Crippen LogP contribution in [-0.4, -0.2) is 73.9 Å². The fourth-order valence-electron chi connectivity index (χ4n) is 4.02. The first kappa shape index (κ1) is 20.1. The molecule has 164 valence electrons. The van der Waals surface area contributed by atoms with Gasteiger partial charge in [0.15, 0.2) is 6.10 Å². The molecule has 0 spiro atoms. The van der Waals surface area contributed by atoms with Crippen molar-refractivity contribution in [2.75, 3.05) is 26.2 Å². The minimum absolute atomic E-state index is 0.0468. The first-order valence-electron chi connectivity index (χ1n) is 10.5. The van der Waals surface area contributed by atoms with Gasteiger partial charge in [0.25, 0.3) is 5.91 Å². The molecule has 1 atom stereocenters. The fraction of sp³-hybridized carbons (Fsp3) is 0.318. The number of fused-ring (bicyclic) bond motifs is 2. The molecule has 4 aromatic rings. The summed E-state index contributed by atoms with van der Waals surface area (Å²) in [6, 6.07) is 7.88. The highest BCUT2D eigenvalue weighted by Crippen LogP contribution is 2.30. The molecule has 1 fully saturated rings. The highest BCUT2D eigenvalue weighted by molar-refractivity contribution is 5.97. The lowest BCUT2D eigenvalue weighted by Crippen LogP contribution is -2.51. The topological polar surface area (TPSA) is 118 Å². The summed E-state index contributed by atoms with van der Waals surface area (Å²) in [5.41, 5.74) is 4.66. The zero-order valence-corrected chi connectivity index (χ0v) is 17.6. The van der Waals surface area contributed by atoms with Crippen molar-refractivity contribution in [1.29, 1.82) is 0 Å². The summed E-state index contributed by atoms with van der Waals surface area (Å²) in [4.78, 5) is 33.4. The van der Waals surface area contributed by atoms with E-state index in [-0.39, 0.29) is 18.4 Å². The third kappa shape index (κ3) is 3.80. The maximum atomic E-state index is 12.5. The van der Waals surface area contributed by atoms with Crippen LogP contribution in [0, 0.1) is 0 Å². The Balaban J connectivity index is 1.28. The molecule has 0 aromatic carbocycles. The monoisotopic (exact) mass is 433 g/mol. The number of morpholine rings is 1. The SMILES string of the molecule is CC(=O)N1CCO[C@H](C(=O)NCCc2cc3c(-c4cnn5ncccc45)ccnc3[nH]2)C1. The molecule has 5 heterocycles. The molecule has 2 N–H and O–H groups in total. The number of nitrogens with one attached hydrogen (secondary N) is 2. The smallest absolute Gasteiger partial charge is 0.251 e. The molecule has 5 rings (SSSR count). The van der Waals surface area contributed by atoms with Gasteiger partial charge in [0.1, 0.15) is 5.65 Å². The second-order valence-corrected chi connectivity index (χ2v) is 7.74. The van der Waals surface area contributed by atoms with Crippen molar-refractivity contribution in [3.05, 3.63) is 48.5 Å². The van der Waals surface area contributed by atoms with Crippen molar-refractivity contribution in [3.63, 3.8) is 0 Å². The number of pyridine rings is 1. The van der Waals surface area contributed by atoms with Crippen molar-refractivity contribution in [2.45, 2.75) is 19.4 Å². The van der Waals surface area contributed by atoms with Gasteiger partial charge in [-0.1, -0.05) is 0 Å². The molecular weight excluding hydrogens is 410 g/mol. The van der Waals surface area contributed by atoms with Gasteiger partial charge in [0.05, 0.1) is 24.9 Å². The number of amides is 2. The van der Waals surface area contributed by atoms with E-state index in [9.17, 15) is 9.59 Å². The Labute approximate surface area is 183 Å². The molecule has 10 heteroatoms. The van der Waals surface area contributed by atoms with E-state index in [0.29, 0.717) is 26.1 Å². The molecule has 0 radical (unpaired) electrons. The van der Waals surface area contributed by atoms with E-state index in [1.165, 1.54) is 6.92 Å². The first-order valence-corrected chi connectivity index (χ1v) is 10.5.